The number of aliphatic hydroxyl groups excluding tert-OH is 1. The molecule has 13 heteroatoms. The van der Waals surface area contributed by atoms with Gasteiger partial charge in [-0.1, -0.05) is 0 Å². The first-order valence-electron chi connectivity index (χ1n) is 15.3. The highest BCUT2D eigenvalue weighted by Crippen LogP contribution is 2.39. The number of anilines is 2. The largest absolute Gasteiger partial charge is 0.444 e. The van der Waals surface area contributed by atoms with Gasteiger partial charge < -0.3 is 24.6 Å². The Morgan fingerprint density at radius 1 is 1.07 bits per heavy atom. The zero-order chi connectivity index (χ0) is 34.0. The summed E-state index contributed by atoms with van der Waals surface area (Å²) in [6, 6.07) is 3.48. The van der Waals surface area contributed by atoms with Crippen LogP contribution in [0.5, 0.6) is 0 Å². The minimum absolute atomic E-state index is 0.0399. The molecule has 252 valence electrons. The summed E-state index contributed by atoms with van der Waals surface area (Å²) < 4.78 is 47.6. The molecule has 2 heterocycles. The van der Waals surface area contributed by atoms with Crippen molar-refractivity contribution in [1.82, 2.24) is 20.1 Å². The quantitative estimate of drug-likeness (QED) is 0.307. The molecule has 2 amide bonds. The predicted octanol–water partition coefficient (Wildman–Crippen LogP) is 6.80. The summed E-state index contributed by atoms with van der Waals surface area (Å²) in [5.41, 5.74) is -0.725. The van der Waals surface area contributed by atoms with Gasteiger partial charge in [0.15, 0.2) is 0 Å². The first-order valence-corrected chi connectivity index (χ1v) is 15.3. The van der Waals surface area contributed by atoms with Gasteiger partial charge in [-0.15, -0.1) is 0 Å². The molecule has 3 rings (SSSR count). The molecule has 1 fully saturated rings. The number of aromatic nitrogens is 3. The lowest BCUT2D eigenvalue weighted by molar-refractivity contribution is -0.102. The summed E-state index contributed by atoms with van der Waals surface area (Å²) in [5, 5.41) is 17.2. The number of nitrogens with one attached hydrogen (secondary N) is 1. The number of aliphatic hydroxyl groups is 1. The van der Waals surface area contributed by atoms with Crippen LogP contribution in [0.1, 0.15) is 106 Å². The van der Waals surface area contributed by atoms with Crippen LogP contribution < -0.4 is 10.2 Å². The molecule has 0 saturated heterocycles. The van der Waals surface area contributed by atoms with Crippen molar-refractivity contribution in [2.24, 2.45) is 0 Å². The van der Waals surface area contributed by atoms with Crippen molar-refractivity contribution >= 4 is 23.7 Å². The van der Waals surface area contributed by atoms with E-state index in [1.807, 2.05) is 26.8 Å². The summed E-state index contributed by atoms with van der Waals surface area (Å²) in [6.07, 6.45) is 1.50. The van der Waals surface area contributed by atoms with E-state index in [1.165, 1.54) is 18.0 Å². The van der Waals surface area contributed by atoms with E-state index in [4.69, 9.17) is 19.3 Å². The van der Waals surface area contributed by atoms with Crippen molar-refractivity contribution in [1.29, 1.82) is 0 Å². The molecule has 0 bridgehead atoms. The van der Waals surface area contributed by atoms with Crippen LogP contribution in [0.15, 0.2) is 24.4 Å². The molecule has 2 aromatic heterocycles. The lowest BCUT2D eigenvalue weighted by Crippen LogP contribution is -2.49. The number of hydrogen-bond donors (Lipinski definition) is 2. The Morgan fingerprint density at radius 2 is 1.71 bits per heavy atom. The van der Waals surface area contributed by atoms with Gasteiger partial charge in [0.25, 0.3) is 5.92 Å². The smallest absolute Gasteiger partial charge is 0.420 e. The molecule has 1 saturated carbocycles. The van der Waals surface area contributed by atoms with Gasteiger partial charge in [0.05, 0.1) is 41.4 Å². The molecule has 0 aliphatic heterocycles. The molecule has 0 radical (unpaired) electrons. The Balaban J connectivity index is 1.87. The maximum Gasteiger partial charge on any atom is 0.420 e. The lowest BCUT2D eigenvalue weighted by Gasteiger charge is -2.30. The third kappa shape index (κ3) is 10.4. The van der Waals surface area contributed by atoms with Crippen LogP contribution >= 0.6 is 0 Å². The van der Waals surface area contributed by atoms with Crippen LogP contribution in [0, 0.1) is 0 Å². The number of carbonyl (C=O) groups excluding carboxylic acids is 2. The Morgan fingerprint density at radius 3 is 2.27 bits per heavy atom. The first-order chi connectivity index (χ1) is 20.6. The molecule has 1 aliphatic carbocycles. The van der Waals surface area contributed by atoms with E-state index >= 15 is 0 Å². The van der Waals surface area contributed by atoms with Crippen LogP contribution in [-0.2, 0) is 26.4 Å². The van der Waals surface area contributed by atoms with Crippen LogP contribution in [0.4, 0.5) is 29.9 Å². The van der Waals surface area contributed by atoms with Gasteiger partial charge in [0.2, 0.25) is 0 Å². The van der Waals surface area contributed by atoms with E-state index in [9.17, 15) is 23.5 Å². The molecule has 11 nitrogen and oxygen atoms in total. The molecular formula is C32H49F2N5O6. The molecular weight excluding hydrogens is 588 g/mol. The Hall–Kier alpha value is -3.32. The fourth-order valence-electron chi connectivity index (χ4n) is 4.80. The number of nitrogens with zero attached hydrogens (tertiary/aromatic N) is 4. The van der Waals surface area contributed by atoms with Gasteiger partial charge in [0.1, 0.15) is 23.6 Å². The Labute approximate surface area is 264 Å². The number of halogens is 2. The molecule has 3 atom stereocenters. The third-order valence-corrected chi connectivity index (χ3v) is 6.94. The summed E-state index contributed by atoms with van der Waals surface area (Å²) in [5.74, 6) is -2.90. The average Bonchev–Trinajstić information content (AvgIpc) is 3.48. The van der Waals surface area contributed by atoms with Crippen LogP contribution in [0.2, 0.25) is 0 Å². The number of carbonyl (C=O) groups is 2. The van der Waals surface area contributed by atoms with Gasteiger partial charge in [-0.2, -0.15) is 5.10 Å². The number of alkyl halides is 2. The minimum Gasteiger partial charge on any atom is -0.444 e. The van der Waals surface area contributed by atoms with Crippen LogP contribution in [0.3, 0.4) is 0 Å². The van der Waals surface area contributed by atoms with E-state index in [2.05, 4.69) is 10.3 Å². The minimum atomic E-state index is -3.40. The van der Waals surface area contributed by atoms with Crippen molar-refractivity contribution in [3.05, 3.63) is 35.8 Å². The van der Waals surface area contributed by atoms with Gasteiger partial charge in [-0.05, 0) is 101 Å². The number of pyridine rings is 1. The van der Waals surface area contributed by atoms with Crippen molar-refractivity contribution < 1.29 is 37.7 Å². The van der Waals surface area contributed by atoms with E-state index in [1.54, 1.807) is 58.4 Å². The number of rotatable bonds is 9. The molecule has 0 spiro atoms. The SMILES string of the molecule is CC(NC(=O)OC(C)(C)C)C(F)(F)COCc1cc(N(C(=O)OC(C)(C)C)c2cc([C@H]3CC[C@@H](O)C3)nn2C(C)(C)C)ccn1. The third-order valence-electron chi connectivity index (χ3n) is 6.94. The number of alkyl carbamates (subject to hydrolysis) is 1. The normalized spacial score (nSPS) is 18.4. The second-order valence-corrected chi connectivity index (χ2v) is 14.6. The fraction of sp³-hybridized carbons (Fsp3) is 0.688. The molecule has 2 aromatic rings. The highest BCUT2D eigenvalue weighted by molar-refractivity contribution is 5.95. The fourth-order valence-corrected chi connectivity index (χ4v) is 4.80. The monoisotopic (exact) mass is 637 g/mol. The first kappa shape index (κ1) is 36.2. The maximum atomic E-state index is 14.8. The van der Waals surface area contributed by atoms with E-state index in [0.29, 0.717) is 30.0 Å². The summed E-state index contributed by atoms with van der Waals surface area (Å²) in [4.78, 5) is 31.4. The molecule has 2 N–H and O–H groups in total. The van der Waals surface area contributed by atoms with Gasteiger partial charge >= 0.3 is 12.2 Å². The maximum absolute atomic E-state index is 14.8. The van der Waals surface area contributed by atoms with E-state index in [0.717, 1.165) is 12.1 Å². The van der Waals surface area contributed by atoms with E-state index in [-0.39, 0.29) is 12.5 Å². The second-order valence-electron chi connectivity index (χ2n) is 14.6. The molecule has 1 aliphatic rings. The van der Waals surface area contributed by atoms with Gasteiger partial charge in [-0.3, -0.25) is 4.98 Å². The zero-order valence-corrected chi connectivity index (χ0v) is 28.1. The van der Waals surface area contributed by atoms with Crippen molar-refractivity contribution in [2.75, 3.05) is 11.5 Å². The van der Waals surface area contributed by atoms with Crippen molar-refractivity contribution in [2.45, 2.75) is 136 Å². The second kappa shape index (κ2) is 13.6. The Kier molecular flexibility index (Phi) is 10.9. The predicted molar refractivity (Wildman–Crippen MR) is 166 cm³/mol. The van der Waals surface area contributed by atoms with Gasteiger partial charge in [0, 0.05) is 18.2 Å². The van der Waals surface area contributed by atoms with E-state index < -0.39 is 53.6 Å². The number of hydrogen-bond acceptors (Lipinski definition) is 8. The highest BCUT2D eigenvalue weighted by Gasteiger charge is 2.39. The van der Waals surface area contributed by atoms with Crippen molar-refractivity contribution in [3.63, 3.8) is 0 Å². The summed E-state index contributed by atoms with van der Waals surface area (Å²) >= 11 is 0. The summed E-state index contributed by atoms with van der Waals surface area (Å²) in [6.45, 7) is 16.0. The van der Waals surface area contributed by atoms with Crippen LogP contribution in [-0.4, -0.2) is 67.9 Å². The Bertz CT molecular complexity index is 1330. The summed E-state index contributed by atoms with van der Waals surface area (Å²) in [7, 11) is 0. The average molecular weight is 638 g/mol. The molecule has 1 unspecified atom stereocenters. The zero-order valence-electron chi connectivity index (χ0n) is 28.1. The highest BCUT2D eigenvalue weighted by atomic mass is 19.3. The standard InChI is InChI=1S/C32H49F2N5O6/c1-20(36-27(41)44-30(5,6)7)32(33,34)19-43-18-22-16-23(13-14-35-22)38(28(42)45-31(8,9)10)26-17-25(21-11-12-24(40)15-21)37-39(26)29(2,3)4/h13-14,16-17,20-21,24,40H,11-12,15,18-19H2,1-10H3,(H,36,41)/t20?,21-,24+/m0/s1. The lowest BCUT2D eigenvalue weighted by atomic mass is 10.0. The topological polar surface area (TPSA) is 128 Å². The number of ether oxygens (including phenoxy) is 3. The van der Waals surface area contributed by atoms with Gasteiger partial charge in [-0.25, -0.2) is 28.0 Å². The van der Waals surface area contributed by atoms with Crippen molar-refractivity contribution in [3.8, 4) is 0 Å². The molecule has 45 heavy (non-hydrogen) atoms. The van der Waals surface area contributed by atoms with Crippen LogP contribution in [0.25, 0.3) is 0 Å². The number of amides is 2. The molecule has 0 aromatic carbocycles.